The number of hydrogen-bond acceptors (Lipinski definition) is 7. The van der Waals surface area contributed by atoms with Crippen molar-refractivity contribution in [1.29, 1.82) is 0 Å². The van der Waals surface area contributed by atoms with Crippen molar-refractivity contribution >= 4 is 21.9 Å². The lowest BCUT2D eigenvalue weighted by Crippen LogP contribution is -2.41. The summed E-state index contributed by atoms with van der Waals surface area (Å²) in [4.78, 5) is 12.9. The normalized spacial score (nSPS) is 15.4. The van der Waals surface area contributed by atoms with Crippen molar-refractivity contribution in [2.24, 2.45) is 5.92 Å². The van der Waals surface area contributed by atoms with Crippen LogP contribution in [0, 0.1) is 5.92 Å². The molecule has 0 bridgehead atoms. The molecule has 1 aromatic heterocycles. The molecule has 1 aliphatic heterocycles. The zero-order valence-corrected chi connectivity index (χ0v) is 18.4. The molecule has 168 valence electrons. The number of nitrogens with zero attached hydrogens (tertiary/aromatic N) is 3. The van der Waals surface area contributed by atoms with Gasteiger partial charge >= 0.3 is 6.01 Å². The maximum atomic E-state index is 12.7. The molecule has 0 unspecified atom stereocenters. The molecule has 1 saturated heterocycles. The predicted molar refractivity (Wildman–Crippen MR) is 117 cm³/mol. The number of hydrogen-bond donors (Lipinski definition) is 1. The van der Waals surface area contributed by atoms with Crippen molar-refractivity contribution in [3.63, 3.8) is 0 Å². The highest BCUT2D eigenvalue weighted by atomic mass is 32.2. The largest absolute Gasteiger partial charge is 0.494 e. The lowest BCUT2D eigenvalue weighted by Gasteiger charge is -2.30. The second-order valence-corrected chi connectivity index (χ2v) is 9.29. The molecule has 32 heavy (non-hydrogen) atoms. The molecule has 2 heterocycles. The van der Waals surface area contributed by atoms with Crippen LogP contribution in [0.1, 0.15) is 19.8 Å². The molecule has 0 atom stereocenters. The van der Waals surface area contributed by atoms with Crippen LogP contribution in [0.2, 0.25) is 0 Å². The standard InChI is InChI=1S/C22H24N4O5S/c1-2-30-18-10-8-17(9-11-18)21-24-25-22(31-21)23-20(27)16-12-14-26(15-13-16)32(28,29)19-6-4-3-5-7-19/h3-11,16H,2,12-15H2,1H3,(H,23,25,27). The number of amides is 1. The number of carbonyl (C=O) groups is 1. The summed E-state index contributed by atoms with van der Waals surface area (Å²) in [6, 6.07) is 15.5. The van der Waals surface area contributed by atoms with Gasteiger partial charge in [0.25, 0.3) is 0 Å². The molecule has 0 radical (unpaired) electrons. The van der Waals surface area contributed by atoms with Crippen LogP contribution in [0.15, 0.2) is 63.9 Å². The van der Waals surface area contributed by atoms with Crippen molar-refractivity contribution < 1.29 is 22.4 Å². The molecule has 2 aromatic carbocycles. The van der Waals surface area contributed by atoms with Gasteiger partial charge in [0.15, 0.2) is 0 Å². The summed E-state index contributed by atoms with van der Waals surface area (Å²) in [7, 11) is -3.55. The summed E-state index contributed by atoms with van der Waals surface area (Å²) in [5.41, 5.74) is 0.709. The zero-order chi connectivity index (χ0) is 22.6. The zero-order valence-electron chi connectivity index (χ0n) is 17.6. The van der Waals surface area contributed by atoms with Crippen LogP contribution >= 0.6 is 0 Å². The van der Waals surface area contributed by atoms with Gasteiger partial charge in [0.2, 0.25) is 21.8 Å². The highest BCUT2D eigenvalue weighted by Crippen LogP contribution is 2.26. The molecular formula is C22H24N4O5S. The number of sulfonamides is 1. The van der Waals surface area contributed by atoms with Crippen LogP contribution in [0.25, 0.3) is 11.5 Å². The van der Waals surface area contributed by atoms with Gasteiger partial charge in [-0.15, -0.1) is 5.10 Å². The summed E-state index contributed by atoms with van der Waals surface area (Å²) >= 11 is 0. The third-order valence-corrected chi connectivity index (χ3v) is 7.19. The second-order valence-electron chi connectivity index (χ2n) is 7.35. The monoisotopic (exact) mass is 456 g/mol. The van der Waals surface area contributed by atoms with Crippen LogP contribution < -0.4 is 10.1 Å². The van der Waals surface area contributed by atoms with Gasteiger partial charge in [0, 0.05) is 24.6 Å². The third kappa shape index (κ3) is 4.81. The van der Waals surface area contributed by atoms with E-state index in [0.29, 0.717) is 25.0 Å². The van der Waals surface area contributed by atoms with E-state index in [4.69, 9.17) is 9.15 Å². The van der Waals surface area contributed by atoms with Gasteiger partial charge in [-0.1, -0.05) is 23.3 Å². The van der Waals surface area contributed by atoms with E-state index < -0.39 is 10.0 Å². The predicted octanol–water partition coefficient (Wildman–Crippen LogP) is 3.17. The van der Waals surface area contributed by atoms with E-state index in [1.807, 2.05) is 6.92 Å². The van der Waals surface area contributed by atoms with E-state index in [1.165, 1.54) is 4.31 Å². The van der Waals surface area contributed by atoms with Crippen LogP contribution in [0.4, 0.5) is 6.01 Å². The lowest BCUT2D eigenvalue weighted by atomic mass is 9.97. The molecule has 1 N–H and O–H groups in total. The highest BCUT2D eigenvalue weighted by molar-refractivity contribution is 7.89. The van der Waals surface area contributed by atoms with Crippen molar-refractivity contribution in [1.82, 2.24) is 14.5 Å². The molecule has 1 amide bonds. The summed E-state index contributed by atoms with van der Waals surface area (Å²) in [5.74, 6) is 0.429. The Morgan fingerprint density at radius 2 is 1.78 bits per heavy atom. The minimum absolute atomic E-state index is 0.0122. The molecule has 0 saturated carbocycles. The summed E-state index contributed by atoms with van der Waals surface area (Å²) in [6.45, 7) is 3.03. The number of rotatable bonds is 7. The summed E-state index contributed by atoms with van der Waals surface area (Å²) in [6.07, 6.45) is 0.829. The number of aromatic nitrogens is 2. The van der Waals surface area contributed by atoms with Gasteiger partial charge in [0.1, 0.15) is 5.75 Å². The van der Waals surface area contributed by atoms with Crippen LogP contribution in [0.5, 0.6) is 5.75 Å². The number of benzene rings is 2. The van der Waals surface area contributed by atoms with E-state index in [0.717, 1.165) is 5.75 Å². The Hall–Kier alpha value is -3.24. The Morgan fingerprint density at radius 1 is 1.09 bits per heavy atom. The fourth-order valence-corrected chi connectivity index (χ4v) is 5.05. The summed E-state index contributed by atoms with van der Waals surface area (Å²) < 4.78 is 37.9. The quantitative estimate of drug-likeness (QED) is 0.581. The van der Waals surface area contributed by atoms with Gasteiger partial charge < -0.3 is 9.15 Å². The van der Waals surface area contributed by atoms with Crippen molar-refractivity contribution in [3.8, 4) is 17.2 Å². The first-order valence-corrected chi connectivity index (χ1v) is 11.8. The molecule has 4 rings (SSSR count). The average molecular weight is 457 g/mol. The molecule has 1 fully saturated rings. The van der Waals surface area contributed by atoms with Crippen molar-refractivity contribution in [2.75, 3.05) is 25.0 Å². The van der Waals surface area contributed by atoms with E-state index in [2.05, 4.69) is 15.5 Å². The topological polar surface area (TPSA) is 115 Å². The van der Waals surface area contributed by atoms with Crippen molar-refractivity contribution in [3.05, 3.63) is 54.6 Å². The fraction of sp³-hybridized carbons (Fsp3) is 0.318. The first kappa shape index (κ1) is 22.0. The number of nitrogens with one attached hydrogen (secondary N) is 1. The molecule has 0 spiro atoms. The smallest absolute Gasteiger partial charge is 0.322 e. The van der Waals surface area contributed by atoms with Crippen LogP contribution in [-0.2, 0) is 14.8 Å². The van der Waals surface area contributed by atoms with Crippen LogP contribution in [0.3, 0.4) is 0 Å². The van der Waals surface area contributed by atoms with Gasteiger partial charge in [0.05, 0.1) is 11.5 Å². The average Bonchev–Trinajstić information content (AvgIpc) is 3.29. The maximum Gasteiger partial charge on any atom is 0.322 e. The molecule has 1 aliphatic rings. The first-order chi connectivity index (χ1) is 15.5. The number of anilines is 1. The number of carbonyl (C=O) groups excluding carboxylic acids is 1. The third-order valence-electron chi connectivity index (χ3n) is 5.27. The second kappa shape index (κ2) is 9.49. The Labute approximate surface area is 186 Å². The minimum Gasteiger partial charge on any atom is -0.494 e. The van der Waals surface area contributed by atoms with Crippen LogP contribution in [-0.4, -0.2) is 48.5 Å². The number of ether oxygens (including phenoxy) is 1. The Morgan fingerprint density at radius 3 is 2.44 bits per heavy atom. The van der Waals surface area contributed by atoms with E-state index in [-0.39, 0.29) is 41.7 Å². The van der Waals surface area contributed by atoms with Crippen molar-refractivity contribution in [2.45, 2.75) is 24.7 Å². The molecular weight excluding hydrogens is 432 g/mol. The lowest BCUT2D eigenvalue weighted by molar-refractivity contribution is -0.121. The van der Waals surface area contributed by atoms with Gasteiger partial charge in [-0.2, -0.15) is 4.31 Å². The summed E-state index contributed by atoms with van der Waals surface area (Å²) in [5, 5.41) is 10.5. The number of piperidine rings is 1. The first-order valence-electron chi connectivity index (χ1n) is 10.4. The van der Waals surface area contributed by atoms with Gasteiger partial charge in [-0.05, 0) is 56.2 Å². The Kier molecular flexibility index (Phi) is 6.52. The molecule has 10 heteroatoms. The van der Waals surface area contributed by atoms with E-state index in [9.17, 15) is 13.2 Å². The van der Waals surface area contributed by atoms with Gasteiger partial charge in [-0.25, -0.2) is 8.42 Å². The SMILES string of the molecule is CCOc1ccc(-c2nnc(NC(=O)C3CCN(S(=O)(=O)c4ccccc4)CC3)o2)cc1. The Bertz CT molecular complexity index is 1150. The minimum atomic E-state index is -3.55. The maximum absolute atomic E-state index is 12.7. The molecule has 9 nitrogen and oxygen atoms in total. The Balaban J connectivity index is 1.34. The van der Waals surface area contributed by atoms with Gasteiger partial charge in [-0.3, -0.25) is 10.1 Å². The highest BCUT2D eigenvalue weighted by Gasteiger charge is 2.32. The van der Waals surface area contributed by atoms with E-state index >= 15 is 0 Å². The molecule has 3 aromatic rings. The van der Waals surface area contributed by atoms with E-state index in [1.54, 1.807) is 54.6 Å². The molecule has 0 aliphatic carbocycles. The fourth-order valence-electron chi connectivity index (χ4n) is 3.56.